The Balaban J connectivity index is 1.29. The molecule has 8 nitrogen and oxygen atoms in total. The van der Waals surface area contributed by atoms with Gasteiger partial charge in [0.1, 0.15) is 0 Å². The van der Waals surface area contributed by atoms with Gasteiger partial charge < -0.3 is 9.84 Å². The van der Waals surface area contributed by atoms with Gasteiger partial charge in [0.15, 0.2) is 0 Å². The fourth-order valence-corrected chi connectivity index (χ4v) is 5.56. The lowest BCUT2D eigenvalue weighted by Gasteiger charge is -2.30. The van der Waals surface area contributed by atoms with E-state index in [4.69, 9.17) is 4.52 Å². The number of aromatic nitrogens is 2. The second-order valence-corrected chi connectivity index (χ2v) is 12.0. The zero-order valence-electron chi connectivity index (χ0n) is 20.6. The largest absolute Gasteiger partial charge is 0.347 e. The number of carbonyl (C=O) groups excluding carboxylic acids is 1. The summed E-state index contributed by atoms with van der Waals surface area (Å²) in [5.74, 6) is 0.412. The second-order valence-electron chi connectivity index (χ2n) is 10.0. The van der Waals surface area contributed by atoms with Crippen molar-refractivity contribution in [1.29, 1.82) is 0 Å². The van der Waals surface area contributed by atoms with Crippen LogP contribution in [0.3, 0.4) is 0 Å². The third-order valence-electron chi connectivity index (χ3n) is 6.37. The first-order chi connectivity index (χ1) is 16.5. The summed E-state index contributed by atoms with van der Waals surface area (Å²) in [5, 5.41) is 6.88. The van der Waals surface area contributed by atoms with Gasteiger partial charge in [-0.1, -0.05) is 67.9 Å². The molecule has 0 saturated carbocycles. The summed E-state index contributed by atoms with van der Waals surface area (Å²) in [6, 6.07) is 14.9. The summed E-state index contributed by atoms with van der Waals surface area (Å²) < 4.78 is 32.5. The monoisotopic (exact) mass is 496 g/mol. The maximum Gasteiger partial charge on any atom is 0.246 e. The lowest BCUT2D eigenvalue weighted by Crippen LogP contribution is -2.42. The molecule has 4 rings (SSSR count). The lowest BCUT2D eigenvalue weighted by molar-refractivity contribution is -0.126. The molecule has 35 heavy (non-hydrogen) atoms. The molecule has 0 atom stereocenters. The molecule has 2 heterocycles. The Bertz CT molecular complexity index is 1270. The van der Waals surface area contributed by atoms with E-state index in [1.165, 1.54) is 9.87 Å². The molecule has 0 radical (unpaired) electrons. The lowest BCUT2D eigenvalue weighted by atomic mass is 9.87. The Hall–Kier alpha value is -3.04. The molecule has 2 aromatic carbocycles. The summed E-state index contributed by atoms with van der Waals surface area (Å²) in [6.07, 6.45) is 0.929. The molecule has 1 aliphatic heterocycles. The molecule has 1 aromatic heterocycles. The number of hydrogen-bond acceptors (Lipinski definition) is 6. The molecule has 9 heteroatoms. The Morgan fingerprint density at radius 2 is 1.69 bits per heavy atom. The summed E-state index contributed by atoms with van der Waals surface area (Å²) in [7, 11) is -3.55. The molecule has 1 fully saturated rings. The quantitative estimate of drug-likeness (QED) is 0.552. The second kappa shape index (κ2) is 9.91. The number of amides is 1. The fraction of sp³-hybridized carbons (Fsp3) is 0.423. The van der Waals surface area contributed by atoms with E-state index in [2.05, 4.69) is 48.4 Å². The predicted molar refractivity (Wildman–Crippen MR) is 133 cm³/mol. The minimum Gasteiger partial charge on any atom is -0.347 e. The van der Waals surface area contributed by atoms with E-state index in [9.17, 15) is 13.2 Å². The van der Waals surface area contributed by atoms with Crippen molar-refractivity contribution < 1.29 is 17.7 Å². The average Bonchev–Trinajstić information content (AvgIpc) is 3.31. The van der Waals surface area contributed by atoms with E-state index >= 15 is 0 Å². The number of nitrogens with one attached hydrogen (secondary N) is 1. The molecule has 1 amide bonds. The van der Waals surface area contributed by atoms with Crippen molar-refractivity contribution in [3.05, 3.63) is 65.5 Å². The van der Waals surface area contributed by atoms with Crippen LogP contribution in [0.15, 0.2) is 57.9 Å². The SMILES string of the molecule is Cc1ccc(S(=O)(=O)N2CCC(C(=O)NCc3nc(-c4ccc(C(C)(C)C)cc4)no3)CC2)cc1. The molecule has 186 valence electrons. The van der Waals surface area contributed by atoms with Gasteiger partial charge in [-0.2, -0.15) is 9.29 Å². The normalized spacial score (nSPS) is 15.8. The van der Waals surface area contributed by atoms with Crippen LogP contribution < -0.4 is 5.32 Å². The van der Waals surface area contributed by atoms with Crippen LogP contribution >= 0.6 is 0 Å². The highest BCUT2D eigenvalue weighted by molar-refractivity contribution is 7.89. The summed E-state index contributed by atoms with van der Waals surface area (Å²) in [4.78, 5) is 17.4. The van der Waals surface area contributed by atoms with E-state index in [-0.39, 0.29) is 28.7 Å². The summed E-state index contributed by atoms with van der Waals surface area (Å²) in [5.41, 5.74) is 3.13. The third-order valence-corrected chi connectivity index (χ3v) is 8.29. The van der Waals surface area contributed by atoms with Crippen molar-refractivity contribution in [1.82, 2.24) is 19.8 Å². The van der Waals surface area contributed by atoms with Gasteiger partial charge in [0.2, 0.25) is 27.6 Å². The van der Waals surface area contributed by atoms with Crippen LogP contribution in [0.25, 0.3) is 11.4 Å². The fourth-order valence-electron chi connectivity index (χ4n) is 4.09. The Labute approximate surface area is 206 Å². The van der Waals surface area contributed by atoms with E-state index in [0.717, 1.165) is 11.1 Å². The van der Waals surface area contributed by atoms with Gasteiger partial charge in [0, 0.05) is 24.6 Å². The molecule has 1 aliphatic rings. The molecule has 3 aromatic rings. The maximum atomic E-state index is 12.9. The number of aryl methyl sites for hydroxylation is 1. The van der Waals surface area contributed by atoms with Crippen molar-refractivity contribution in [2.75, 3.05) is 13.1 Å². The highest BCUT2D eigenvalue weighted by atomic mass is 32.2. The van der Waals surface area contributed by atoms with E-state index in [0.29, 0.717) is 37.6 Å². The molecular weight excluding hydrogens is 464 g/mol. The van der Waals surface area contributed by atoms with Gasteiger partial charge in [-0.25, -0.2) is 8.42 Å². The molecule has 1 saturated heterocycles. The smallest absolute Gasteiger partial charge is 0.246 e. The Kier molecular flexibility index (Phi) is 7.10. The number of hydrogen-bond donors (Lipinski definition) is 1. The Morgan fingerprint density at radius 1 is 1.06 bits per heavy atom. The third kappa shape index (κ3) is 5.79. The first-order valence-electron chi connectivity index (χ1n) is 11.8. The van der Waals surface area contributed by atoms with Crippen LogP contribution in [-0.2, 0) is 26.8 Å². The van der Waals surface area contributed by atoms with Crippen LogP contribution in [-0.4, -0.2) is 41.9 Å². The number of rotatable bonds is 6. The van der Waals surface area contributed by atoms with Crippen molar-refractivity contribution in [2.24, 2.45) is 5.92 Å². The minimum absolute atomic E-state index is 0.0617. The zero-order valence-corrected chi connectivity index (χ0v) is 21.4. The van der Waals surface area contributed by atoms with Gasteiger partial charge in [0.25, 0.3) is 0 Å². The maximum absolute atomic E-state index is 12.9. The van der Waals surface area contributed by atoms with Gasteiger partial charge in [-0.15, -0.1) is 0 Å². The van der Waals surface area contributed by atoms with Crippen molar-refractivity contribution in [2.45, 2.75) is 57.4 Å². The van der Waals surface area contributed by atoms with E-state index < -0.39 is 10.0 Å². The topological polar surface area (TPSA) is 105 Å². The number of sulfonamides is 1. The van der Waals surface area contributed by atoms with E-state index in [1.807, 2.05) is 19.1 Å². The van der Waals surface area contributed by atoms with Crippen molar-refractivity contribution in [3.63, 3.8) is 0 Å². The number of carbonyl (C=O) groups is 1. The number of piperidine rings is 1. The van der Waals surface area contributed by atoms with Crippen LogP contribution in [0.5, 0.6) is 0 Å². The Morgan fingerprint density at radius 3 is 2.29 bits per heavy atom. The molecule has 0 spiro atoms. The number of nitrogens with zero attached hydrogens (tertiary/aromatic N) is 3. The first-order valence-corrected chi connectivity index (χ1v) is 13.3. The number of benzene rings is 2. The van der Waals surface area contributed by atoms with Crippen LogP contribution in [0, 0.1) is 12.8 Å². The standard InChI is InChI=1S/C26H32N4O4S/c1-18-5-11-22(12-6-18)35(32,33)30-15-13-20(14-16-30)25(31)27-17-23-28-24(29-34-23)19-7-9-21(10-8-19)26(2,3)4/h5-12,20H,13-17H2,1-4H3,(H,27,31). The van der Waals surface area contributed by atoms with Crippen LogP contribution in [0.1, 0.15) is 50.6 Å². The van der Waals surface area contributed by atoms with Gasteiger partial charge in [-0.3, -0.25) is 4.79 Å². The molecular formula is C26H32N4O4S. The predicted octanol–water partition coefficient (Wildman–Crippen LogP) is 4.06. The summed E-state index contributed by atoms with van der Waals surface area (Å²) in [6.45, 7) is 9.14. The highest BCUT2D eigenvalue weighted by Gasteiger charge is 2.32. The van der Waals surface area contributed by atoms with Gasteiger partial charge in [-0.05, 0) is 42.9 Å². The molecule has 1 N–H and O–H groups in total. The zero-order chi connectivity index (χ0) is 25.2. The first kappa shape index (κ1) is 25.1. The van der Waals surface area contributed by atoms with Gasteiger partial charge >= 0.3 is 0 Å². The average molecular weight is 497 g/mol. The summed E-state index contributed by atoms with van der Waals surface area (Å²) >= 11 is 0. The van der Waals surface area contributed by atoms with Crippen molar-refractivity contribution in [3.8, 4) is 11.4 Å². The highest BCUT2D eigenvalue weighted by Crippen LogP contribution is 2.26. The van der Waals surface area contributed by atoms with Crippen LogP contribution in [0.2, 0.25) is 0 Å². The molecule has 0 aliphatic carbocycles. The van der Waals surface area contributed by atoms with Crippen LogP contribution in [0.4, 0.5) is 0 Å². The molecule has 0 unspecified atom stereocenters. The van der Waals surface area contributed by atoms with Gasteiger partial charge in [0.05, 0.1) is 11.4 Å². The van der Waals surface area contributed by atoms with E-state index in [1.54, 1.807) is 24.3 Å². The molecule has 0 bridgehead atoms. The van der Waals surface area contributed by atoms with Crippen molar-refractivity contribution >= 4 is 15.9 Å². The minimum atomic E-state index is -3.55.